The average molecular weight is 285 g/mol. The number of Topliss-reactive ketones (excluding diaryl/α,β-unsaturated/α-hetero) is 1. The molecule has 0 aliphatic rings. The number of hydrogen-bond donors (Lipinski definition) is 0. The average Bonchev–Trinajstić information content (AvgIpc) is 2.35. The van der Waals surface area contributed by atoms with Gasteiger partial charge in [-0.05, 0) is 6.42 Å². The second kappa shape index (κ2) is 12.4. The SMILES string of the molecule is CCCCCCCCCCCC(=O)CCC[N+](C)(C)C. The fourth-order valence-electron chi connectivity index (χ4n) is 2.51. The Bertz CT molecular complexity index is 230. The van der Waals surface area contributed by atoms with Crippen LogP contribution in [0.3, 0.4) is 0 Å². The van der Waals surface area contributed by atoms with Crippen LogP contribution in [0.5, 0.6) is 0 Å². The van der Waals surface area contributed by atoms with E-state index < -0.39 is 0 Å². The van der Waals surface area contributed by atoms with Gasteiger partial charge in [-0.25, -0.2) is 0 Å². The van der Waals surface area contributed by atoms with Crippen molar-refractivity contribution in [1.82, 2.24) is 0 Å². The molecule has 20 heavy (non-hydrogen) atoms. The van der Waals surface area contributed by atoms with Crippen molar-refractivity contribution in [2.75, 3.05) is 27.7 Å². The minimum absolute atomic E-state index is 0.474. The fourth-order valence-corrected chi connectivity index (χ4v) is 2.51. The first-order valence-electron chi connectivity index (χ1n) is 8.78. The summed E-state index contributed by atoms with van der Waals surface area (Å²) in [5, 5.41) is 0. The molecule has 0 aromatic carbocycles. The van der Waals surface area contributed by atoms with Crippen LogP contribution in [0.1, 0.15) is 84.0 Å². The molecule has 0 heterocycles. The third-order valence-corrected chi connectivity index (χ3v) is 3.84. The number of nitrogens with zero attached hydrogens (tertiary/aromatic N) is 1. The molecular formula is C18H38NO+. The van der Waals surface area contributed by atoms with E-state index in [0.717, 1.165) is 36.7 Å². The molecule has 0 bridgehead atoms. The molecule has 0 N–H and O–H groups in total. The summed E-state index contributed by atoms with van der Waals surface area (Å²) in [5.74, 6) is 0.474. The van der Waals surface area contributed by atoms with Crippen LogP contribution < -0.4 is 0 Å². The molecule has 0 rings (SSSR count). The predicted molar refractivity (Wildman–Crippen MR) is 89.0 cm³/mol. The van der Waals surface area contributed by atoms with E-state index >= 15 is 0 Å². The first kappa shape index (κ1) is 19.6. The fraction of sp³-hybridized carbons (Fsp3) is 0.944. The summed E-state index contributed by atoms with van der Waals surface area (Å²) in [6, 6.07) is 0. The molecule has 2 nitrogen and oxygen atoms in total. The summed E-state index contributed by atoms with van der Waals surface area (Å²) in [5.41, 5.74) is 0. The van der Waals surface area contributed by atoms with Crippen molar-refractivity contribution in [1.29, 1.82) is 0 Å². The highest BCUT2D eigenvalue weighted by Gasteiger charge is 2.08. The maximum atomic E-state index is 11.7. The Morgan fingerprint density at radius 3 is 1.65 bits per heavy atom. The predicted octanol–water partition coefficient (Wildman–Crippen LogP) is 4.96. The van der Waals surface area contributed by atoms with Crippen LogP contribution in [0, 0.1) is 0 Å². The summed E-state index contributed by atoms with van der Waals surface area (Å²) in [7, 11) is 6.56. The Morgan fingerprint density at radius 1 is 0.700 bits per heavy atom. The Morgan fingerprint density at radius 2 is 1.15 bits per heavy atom. The van der Waals surface area contributed by atoms with Gasteiger partial charge in [0.2, 0.25) is 0 Å². The molecule has 0 spiro atoms. The monoisotopic (exact) mass is 284 g/mol. The van der Waals surface area contributed by atoms with Crippen molar-refractivity contribution < 1.29 is 9.28 Å². The van der Waals surface area contributed by atoms with Crippen molar-refractivity contribution in [3.05, 3.63) is 0 Å². The number of unbranched alkanes of at least 4 members (excludes halogenated alkanes) is 8. The minimum atomic E-state index is 0.474. The van der Waals surface area contributed by atoms with Gasteiger partial charge in [-0.2, -0.15) is 0 Å². The lowest BCUT2D eigenvalue weighted by atomic mass is 10.0. The molecule has 0 aliphatic carbocycles. The smallest absolute Gasteiger partial charge is 0.133 e. The third-order valence-electron chi connectivity index (χ3n) is 3.84. The molecule has 0 aromatic heterocycles. The molecule has 0 saturated carbocycles. The zero-order chi connectivity index (χ0) is 15.3. The third kappa shape index (κ3) is 15.7. The van der Waals surface area contributed by atoms with Crippen molar-refractivity contribution in [2.24, 2.45) is 0 Å². The summed E-state index contributed by atoms with van der Waals surface area (Å²) < 4.78 is 0.964. The van der Waals surface area contributed by atoms with E-state index in [4.69, 9.17) is 0 Å². The second-order valence-electron chi connectivity index (χ2n) is 7.23. The quantitative estimate of drug-likeness (QED) is 0.325. The van der Waals surface area contributed by atoms with Crippen LogP contribution in [0.4, 0.5) is 0 Å². The van der Waals surface area contributed by atoms with Crippen LogP contribution in [-0.2, 0) is 4.79 Å². The molecule has 120 valence electrons. The van der Waals surface area contributed by atoms with Gasteiger partial charge in [0, 0.05) is 19.3 Å². The Balaban J connectivity index is 3.23. The largest absolute Gasteiger partial charge is 0.331 e. The number of quaternary nitrogens is 1. The van der Waals surface area contributed by atoms with Crippen molar-refractivity contribution in [2.45, 2.75) is 84.0 Å². The molecule has 0 atom stereocenters. The number of carbonyl (C=O) groups is 1. The van der Waals surface area contributed by atoms with E-state index in [2.05, 4.69) is 28.1 Å². The van der Waals surface area contributed by atoms with Gasteiger partial charge in [-0.15, -0.1) is 0 Å². The van der Waals surface area contributed by atoms with Gasteiger partial charge in [-0.3, -0.25) is 4.79 Å². The van der Waals surface area contributed by atoms with Crippen molar-refractivity contribution >= 4 is 5.78 Å². The van der Waals surface area contributed by atoms with E-state index in [0.29, 0.717) is 5.78 Å². The van der Waals surface area contributed by atoms with Gasteiger partial charge in [0.15, 0.2) is 0 Å². The first-order valence-corrected chi connectivity index (χ1v) is 8.78. The molecular weight excluding hydrogens is 246 g/mol. The van der Waals surface area contributed by atoms with Gasteiger partial charge in [0.05, 0.1) is 27.7 Å². The second-order valence-corrected chi connectivity index (χ2v) is 7.23. The zero-order valence-electron chi connectivity index (χ0n) is 14.5. The van der Waals surface area contributed by atoms with Crippen molar-refractivity contribution in [3.8, 4) is 0 Å². The highest BCUT2D eigenvalue weighted by atomic mass is 16.1. The van der Waals surface area contributed by atoms with Gasteiger partial charge >= 0.3 is 0 Å². The minimum Gasteiger partial charge on any atom is -0.331 e. The lowest BCUT2D eigenvalue weighted by Crippen LogP contribution is -2.35. The molecule has 2 heteroatoms. The molecule has 0 aliphatic heterocycles. The molecule has 0 unspecified atom stereocenters. The van der Waals surface area contributed by atoms with Gasteiger partial charge in [0.1, 0.15) is 5.78 Å². The number of hydrogen-bond acceptors (Lipinski definition) is 1. The maximum Gasteiger partial charge on any atom is 0.133 e. The molecule has 0 radical (unpaired) electrons. The van der Waals surface area contributed by atoms with E-state index in [1.54, 1.807) is 0 Å². The Labute approximate surface area is 127 Å². The molecule has 0 saturated heterocycles. The van der Waals surface area contributed by atoms with Gasteiger partial charge in [-0.1, -0.05) is 58.3 Å². The van der Waals surface area contributed by atoms with Crippen LogP contribution in [0.25, 0.3) is 0 Å². The van der Waals surface area contributed by atoms with Crippen LogP contribution in [0.2, 0.25) is 0 Å². The first-order chi connectivity index (χ1) is 9.45. The van der Waals surface area contributed by atoms with Crippen molar-refractivity contribution in [3.63, 3.8) is 0 Å². The summed E-state index contributed by atoms with van der Waals surface area (Å²) in [6.07, 6.45) is 14.6. The number of ketones is 1. The normalized spacial score (nSPS) is 11.8. The lowest BCUT2D eigenvalue weighted by Gasteiger charge is -2.23. The molecule has 0 aromatic rings. The maximum absolute atomic E-state index is 11.7. The zero-order valence-corrected chi connectivity index (χ0v) is 14.5. The van der Waals surface area contributed by atoms with E-state index in [9.17, 15) is 4.79 Å². The summed E-state index contributed by atoms with van der Waals surface area (Å²) in [4.78, 5) is 11.7. The van der Waals surface area contributed by atoms with E-state index in [1.165, 1.54) is 51.4 Å². The topological polar surface area (TPSA) is 17.1 Å². The molecule has 0 amide bonds. The van der Waals surface area contributed by atoms with Crippen LogP contribution in [-0.4, -0.2) is 38.0 Å². The van der Waals surface area contributed by atoms with Crippen LogP contribution in [0.15, 0.2) is 0 Å². The summed E-state index contributed by atoms with van der Waals surface area (Å²) in [6.45, 7) is 3.36. The van der Waals surface area contributed by atoms with E-state index in [1.807, 2.05) is 0 Å². The van der Waals surface area contributed by atoms with Gasteiger partial charge in [0.25, 0.3) is 0 Å². The highest BCUT2D eigenvalue weighted by Crippen LogP contribution is 2.11. The van der Waals surface area contributed by atoms with Crippen LogP contribution >= 0.6 is 0 Å². The highest BCUT2D eigenvalue weighted by molar-refractivity contribution is 5.78. The summed E-state index contributed by atoms with van der Waals surface area (Å²) >= 11 is 0. The van der Waals surface area contributed by atoms with Gasteiger partial charge < -0.3 is 4.48 Å². The lowest BCUT2D eigenvalue weighted by molar-refractivity contribution is -0.870. The number of rotatable bonds is 14. The molecule has 0 fully saturated rings. The standard InChI is InChI=1S/C18H38NO/c1-5-6-7-8-9-10-11-12-13-15-18(20)16-14-17-19(2,3)4/h5-17H2,1-4H3/q+1. The Hall–Kier alpha value is -0.370. The number of carbonyl (C=O) groups excluding carboxylic acids is 1. The van der Waals surface area contributed by atoms with E-state index in [-0.39, 0.29) is 0 Å². The Kier molecular flexibility index (Phi) is 12.1.